The highest BCUT2D eigenvalue weighted by atomic mass is 32.1. The van der Waals surface area contributed by atoms with E-state index in [-0.39, 0.29) is 5.91 Å². The molecule has 2 aromatic heterocycles. The number of nitrogens with one attached hydrogen (secondary N) is 1. The second-order valence-corrected chi connectivity index (χ2v) is 8.51. The summed E-state index contributed by atoms with van der Waals surface area (Å²) in [5, 5.41) is 8.81. The minimum absolute atomic E-state index is 0.0169. The fourth-order valence-corrected chi connectivity index (χ4v) is 4.74. The Morgan fingerprint density at radius 3 is 2.79 bits per heavy atom. The molecule has 0 saturated carbocycles. The third-order valence-electron chi connectivity index (χ3n) is 5.30. The Labute approximate surface area is 175 Å². The predicted octanol–water partition coefficient (Wildman–Crippen LogP) is 3.30. The van der Waals surface area contributed by atoms with Crippen LogP contribution in [0.15, 0.2) is 36.4 Å². The Bertz CT molecular complexity index is 945. The van der Waals surface area contributed by atoms with Gasteiger partial charge in [0.05, 0.1) is 30.3 Å². The van der Waals surface area contributed by atoms with Gasteiger partial charge in [0, 0.05) is 25.0 Å². The average molecular weight is 413 g/mol. The third-order valence-corrected chi connectivity index (χ3v) is 6.44. The minimum atomic E-state index is 0.0169. The molecular formula is C22H28N4O2S. The molecule has 1 aliphatic rings. The summed E-state index contributed by atoms with van der Waals surface area (Å²) in [6.07, 6.45) is 2.09. The predicted molar refractivity (Wildman–Crippen MR) is 117 cm³/mol. The van der Waals surface area contributed by atoms with Crippen molar-refractivity contribution in [2.24, 2.45) is 0 Å². The molecule has 154 valence electrons. The molecule has 4 rings (SSSR count). The van der Waals surface area contributed by atoms with Gasteiger partial charge in [0.1, 0.15) is 4.83 Å². The zero-order valence-corrected chi connectivity index (χ0v) is 17.7. The lowest BCUT2D eigenvalue weighted by Crippen LogP contribution is -2.37. The molecule has 1 N–H and O–H groups in total. The number of carbonyl (C=O) groups is 1. The number of unbranched alkanes of at least 4 members (excludes halogenated alkanes) is 1. The van der Waals surface area contributed by atoms with E-state index in [4.69, 9.17) is 4.74 Å². The monoisotopic (exact) mass is 412 g/mol. The van der Waals surface area contributed by atoms with Gasteiger partial charge in [0.15, 0.2) is 0 Å². The van der Waals surface area contributed by atoms with Crippen molar-refractivity contribution in [3.8, 4) is 0 Å². The van der Waals surface area contributed by atoms with Gasteiger partial charge in [-0.2, -0.15) is 5.10 Å². The molecule has 0 bridgehead atoms. The fraction of sp³-hybridized carbons (Fsp3) is 0.455. The van der Waals surface area contributed by atoms with Crippen LogP contribution in [0.5, 0.6) is 0 Å². The van der Waals surface area contributed by atoms with Crippen LogP contribution in [-0.2, 0) is 11.3 Å². The Morgan fingerprint density at radius 2 is 2.00 bits per heavy atom. The van der Waals surface area contributed by atoms with Crippen molar-refractivity contribution >= 4 is 27.5 Å². The van der Waals surface area contributed by atoms with E-state index < -0.39 is 0 Å². The number of aromatic nitrogens is 2. The van der Waals surface area contributed by atoms with Gasteiger partial charge < -0.3 is 10.1 Å². The number of carbonyl (C=O) groups excluding carboxylic acids is 1. The maximum absolute atomic E-state index is 12.6. The number of fused-ring (bicyclic) bond motifs is 1. The zero-order valence-electron chi connectivity index (χ0n) is 16.9. The van der Waals surface area contributed by atoms with Crippen LogP contribution in [0, 0.1) is 6.92 Å². The van der Waals surface area contributed by atoms with Gasteiger partial charge in [-0.3, -0.25) is 14.4 Å². The first-order chi connectivity index (χ1) is 14.2. The Balaban J connectivity index is 1.31. The number of morpholine rings is 1. The third kappa shape index (κ3) is 5.04. The minimum Gasteiger partial charge on any atom is -0.379 e. The summed E-state index contributed by atoms with van der Waals surface area (Å²) in [7, 11) is 0. The molecule has 1 aromatic carbocycles. The molecule has 0 spiro atoms. The molecular weight excluding hydrogens is 384 g/mol. The zero-order chi connectivity index (χ0) is 20.1. The van der Waals surface area contributed by atoms with Crippen molar-refractivity contribution in [2.75, 3.05) is 39.4 Å². The van der Waals surface area contributed by atoms with Crippen LogP contribution < -0.4 is 5.32 Å². The highest BCUT2D eigenvalue weighted by Crippen LogP contribution is 2.28. The lowest BCUT2D eigenvalue weighted by Gasteiger charge is -2.26. The van der Waals surface area contributed by atoms with E-state index >= 15 is 0 Å². The average Bonchev–Trinajstić information content (AvgIpc) is 3.31. The second kappa shape index (κ2) is 9.52. The summed E-state index contributed by atoms with van der Waals surface area (Å²) in [6.45, 7) is 8.23. The number of aryl methyl sites for hydroxylation is 1. The van der Waals surface area contributed by atoms with Gasteiger partial charge in [-0.15, -0.1) is 11.3 Å². The largest absolute Gasteiger partial charge is 0.379 e. The van der Waals surface area contributed by atoms with E-state index in [2.05, 4.69) is 27.4 Å². The lowest BCUT2D eigenvalue weighted by molar-refractivity contribution is 0.0372. The highest BCUT2D eigenvalue weighted by Gasteiger charge is 2.16. The maximum Gasteiger partial charge on any atom is 0.261 e. The molecule has 3 aromatic rings. The Kier molecular flexibility index (Phi) is 6.59. The SMILES string of the molecule is Cc1nn(Cc2ccccc2)c2sc(C(=O)NCCCCN3CCOCC3)cc12. The standard InChI is InChI=1S/C22H28N4O2S/c1-17-19-15-20(21(27)23-9-5-6-10-25-11-13-28-14-12-25)29-22(19)26(24-17)16-18-7-3-2-4-8-18/h2-4,7-8,15H,5-6,9-14,16H2,1H3,(H,23,27). The van der Waals surface area contributed by atoms with Crippen molar-refractivity contribution in [1.82, 2.24) is 20.0 Å². The molecule has 0 unspecified atom stereocenters. The number of hydrogen-bond acceptors (Lipinski definition) is 5. The summed E-state index contributed by atoms with van der Waals surface area (Å²) >= 11 is 1.52. The van der Waals surface area contributed by atoms with Crippen molar-refractivity contribution in [1.29, 1.82) is 0 Å². The number of hydrogen-bond donors (Lipinski definition) is 1. The molecule has 1 aliphatic heterocycles. The van der Waals surface area contributed by atoms with Gasteiger partial charge in [-0.25, -0.2) is 0 Å². The molecule has 1 amide bonds. The summed E-state index contributed by atoms with van der Waals surface area (Å²) in [6, 6.07) is 12.3. The lowest BCUT2D eigenvalue weighted by atomic mass is 10.2. The molecule has 6 nitrogen and oxygen atoms in total. The van der Waals surface area contributed by atoms with Crippen LogP contribution in [0.3, 0.4) is 0 Å². The van der Waals surface area contributed by atoms with Crippen LogP contribution in [0.2, 0.25) is 0 Å². The van der Waals surface area contributed by atoms with Gasteiger partial charge in [-0.05, 0) is 37.9 Å². The first kappa shape index (κ1) is 20.1. The maximum atomic E-state index is 12.6. The Hall–Kier alpha value is -2.22. The van der Waals surface area contributed by atoms with Crippen LogP contribution >= 0.6 is 11.3 Å². The van der Waals surface area contributed by atoms with E-state index in [9.17, 15) is 4.79 Å². The van der Waals surface area contributed by atoms with E-state index in [1.54, 1.807) is 0 Å². The molecule has 0 atom stereocenters. The molecule has 3 heterocycles. The first-order valence-electron chi connectivity index (χ1n) is 10.3. The summed E-state index contributed by atoms with van der Waals surface area (Å²) < 4.78 is 7.38. The Morgan fingerprint density at radius 1 is 1.21 bits per heavy atom. The van der Waals surface area contributed by atoms with E-state index in [0.717, 1.165) is 66.5 Å². The van der Waals surface area contributed by atoms with Gasteiger partial charge in [0.2, 0.25) is 0 Å². The number of amides is 1. The van der Waals surface area contributed by atoms with Gasteiger partial charge in [0.25, 0.3) is 5.91 Å². The first-order valence-corrected chi connectivity index (χ1v) is 11.1. The van der Waals surface area contributed by atoms with Crippen molar-refractivity contribution in [3.05, 3.63) is 52.5 Å². The number of rotatable bonds is 8. The number of thiophene rings is 1. The molecule has 0 aliphatic carbocycles. The number of benzene rings is 1. The summed E-state index contributed by atoms with van der Waals surface area (Å²) in [5.74, 6) is 0.0169. The normalized spacial score (nSPS) is 15.1. The topological polar surface area (TPSA) is 59.4 Å². The van der Waals surface area contributed by atoms with E-state index in [0.29, 0.717) is 13.1 Å². The van der Waals surface area contributed by atoms with Crippen molar-refractivity contribution < 1.29 is 9.53 Å². The summed E-state index contributed by atoms with van der Waals surface area (Å²) in [4.78, 5) is 16.8. The highest BCUT2D eigenvalue weighted by molar-refractivity contribution is 7.20. The van der Waals surface area contributed by atoms with Crippen LogP contribution in [0.25, 0.3) is 10.2 Å². The van der Waals surface area contributed by atoms with E-state index in [1.165, 1.54) is 16.9 Å². The molecule has 7 heteroatoms. The number of nitrogens with zero attached hydrogens (tertiary/aromatic N) is 3. The quantitative estimate of drug-likeness (QED) is 0.577. The van der Waals surface area contributed by atoms with Crippen LogP contribution in [0.4, 0.5) is 0 Å². The molecule has 0 radical (unpaired) electrons. The van der Waals surface area contributed by atoms with Crippen molar-refractivity contribution in [3.63, 3.8) is 0 Å². The van der Waals surface area contributed by atoms with Crippen LogP contribution in [0.1, 0.15) is 33.8 Å². The summed E-state index contributed by atoms with van der Waals surface area (Å²) in [5.41, 5.74) is 2.17. The molecule has 29 heavy (non-hydrogen) atoms. The van der Waals surface area contributed by atoms with Gasteiger partial charge >= 0.3 is 0 Å². The van der Waals surface area contributed by atoms with Crippen LogP contribution in [-0.4, -0.2) is 60.0 Å². The van der Waals surface area contributed by atoms with Crippen molar-refractivity contribution in [2.45, 2.75) is 26.3 Å². The fourth-order valence-electron chi connectivity index (χ4n) is 3.66. The van der Waals surface area contributed by atoms with E-state index in [1.807, 2.05) is 35.9 Å². The number of ether oxygens (including phenoxy) is 1. The van der Waals surface area contributed by atoms with Gasteiger partial charge in [-0.1, -0.05) is 30.3 Å². The second-order valence-electron chi connectivity index (χ2n) is 7.48. The molecule has 1 saturated heterocycles. The molecule has 1 fully saturated rings. The smallest absolute Gasteiger partial charge is 0.261 e.